The molecule has 2 aliphatic rings. The number of pyridine rings is 2. The summed E-state index contributed by atoms with van der Waals surface area (Å²) >= 11 is 0. The number of aliphatic hydroxyl groups excluding tert-OH is 1. The van der Waals surface area contributed by atoms with Crippen LogP contribution in [0.3, 0.4) is 0 Å². The monoisotopic (exact) mass is 615 g/mol. The number of rotatable bonds is 7. The SMILES string of the molecule is CN(C(=O)Nc1cc(Oc2ccc(NC(=O)c3cccn(-c4ccc(F)cc4)c3=O)c(F)c2)ccn1)C1C[C@H]2CC(O)C[C@H]2C1. The molecule has 0 radical (unpaired) electrons. The van der Waals surface area contributed by atoms with Gasteiger partial charge in [-0.3, -0.25) is 19.5 Å². The van der Waals surface area contributed by atoms with E-state index in [0.29, 0.717) is 23.3 Å². The molecule has 0 spiro atoms. The van der Waals surface area contributed by atoms with Crippen molar-refractivity contribution in [1.29, 1.82) is 0 Å². The highest BCUT2D eigenvalue weighted by Gasteiger charge is 2.43. The number of fused-ring (bicyclic) bond motifs is 1. The van der Waals surface area contributed by atoms with Gasteiger partial charge in [0.05, 0.1) is 11.8 Å². The number of nitrogens with one attached hydrogen (secondary N) is 2. The summed E-state index contributed by atoms with van der Waals surface area (Å²) in [6, 6.07) is 14.7. The highest BCUT2D eigenvalue weighted by molar-refractivity contribution is 6.04. The Morgan fingerprint density at radius 1 is 0.956 bits per heavy atom. The smallest absolute Gasteiger partial charge is 0.323 e. The fraction of sp³-hybridized carbons (Fsp3) is 0.273. The van der Waals surface area contributed by atoms with Gasteiger partial charge in [0.15, 0.2) is 0 Å². The van der Waals surface area contributed by atoms with Gasteiger partial charge in [-0.05, 0) is 92.1 Å². The van der Waals surface area contributed by atoms with Crippen molar-refractivity contribution in [1.82, 2.24) is 14.5 Å². The Kier molecular flexibility index (Phi) is 8.31. The average Bonchev–Trinajstić information content (AvgIpc) is 3.56. The van der Waals surface area contributed by atoms with Crippen LogP contribution in [0.15, 0.2) is 83.9 Å². The molecule has 6 rings (SSSR count). The van der Waals surface area contributed by atoms with Gasteiger partial charge in [-0.2, -0.15) is 0 Å². The van der Waals surface area contributed by atoms with Crippen LogP contribution in [0.4, 0.5) is 25.1 Å². The number of urea groups is 1. The lowest BCUT2D eigenvalue weighted by molar-refractivity contribution is 0.102. The average molecular weight is 616 g/mol. The zero-order chi connectivity index (χ0) is 31.7. The third-order valence-corrected chi connectivity index (χ3v) is 8.52. The quantitative estimate of drug-likeness (QED) is 0.250. The molecule has 4 atom stereocenters. The molecule has 2 aromatic carbocycles. The van der Waals surface area contributed by atoms with Gasteiger partial charge in [-0.25, -0.2) is 18.6 Å². The Bertz CT molecular complexity index is 1780. The van der Waals surface area contributed by atoms with Gasteiger partial charge in [0.1, 0.15) is 34.5 Å². The summed E-state index contributed by atoms with van der Waals surface area (Å²) in [5.74, 6) is -0.507. The number of halogens is 2. The number of hydrogen-bond donors (Lipinski definition) is 3. The van der Waals surface area contributed by atoms with E-state index in [2.05, 4.69) is 15.6 Å². The maximum atomic E-state index is 15.0. The highest BCUT2D eigenvalue weighted by Crippen LogP contribution is 2.45. The number of carbonyl (C=O) groups excluding carboxylic acids is 2. The van der Waals surface area contributed by atoms with Crippen molar-refractivity contribution in [2.75, 3.05) is 17.7 Å². The molecule has 2 heterocycles. The molecule has 4 aromatic rings. The molecule has 2 saturated carbocycles. The molecule has 2 aromatic heterocycles. The molecule has 2 aliphatic carbocycles. The molecular weight excluding hydrogens is 584 g/mol. The fourth-order valence-electron chi connectivity index (χ4n) is 6.23. The van der Waals surface area contributed by atoms with Crippen molar-refractivity contribution in [3.05, 3.63) is 107 Å². The first kappa shape index (κ1) is 29.9. The van der Waals surface area contributed by atoms with Crippen molar-refractivity contribution >= 4 is 23.4 Å². The lowest BCUT2D eigenvalue weighted by Gasteiger charge is -2.25. The van der Waals surface area contributed by atoms with Gasteiger partial charge in [0.2, 0.25) is 0 Å². The first-order chi connectivity index (χ1) is 21.6. The standard InChI is InChI=1S/C33H31F2N5O5/c1-39(23-13-19-15-24(41)16-20(19)14-23)33(44)38-30-18-26(10-11-36-30)45-25-8-9-29(28(35)17-25)37-31(42)27-3-2-12-40(32(27)43)22-6-4-21(34)5-7-22/h2-12,17-20,23-24,41H,13-16H2,1H3,(H,37,42)(H,36,38,44)/t19-,20+,23?,24?. The van der Waals surface area contributed by atoms with Crippen molar-refractivity contribution in [3.63, 3.8) is 0 Å². The summed E-state index contributed by atoms with van der Waals surface area (Å²) in [5.41, 5.74) is -0.681. The second-order valence-electron chi connectivity index (χ2n) is 11.5. The number of anilines is 2. The first-order valence-corrected chi connectivity index (χ1v) is 14.6. The minimum Gasteiger partial charge on any atom is -0.457 e. The highest BCUT2D eigenvalue weighted by atomic mass is 19.1. The van der Waals surface area contributed by atoms with Crippen LogP contribution in [0.25, 0.3) is 5.69 Å². The van der Waals surface area contributed by atoms with E-state index in [1.165, 1.54) is 71.6 Å². The molecule has 232 valence electrons. The molecule has 2 unspecified atom stereocenters. The number of aliphatic hydroxyl groups is 1. The van der Waals surface area contributed by atoms with Crippen LogP contribution in [-0.2, 0) is 0 Å². The fourth-order valence-corrected chi connectivity index (χ4v) is 6.23. The van der Waals surface area contributed by atoms with Crippen molar-refractivity contribution in [2.24, 2.45) is 11.8 Å². The lowest BCUT2D eigenvalue weighted by atomic mass is 10.0. The predicted octanol–water partition coefficient (Wildman–Crippen LogP) is 5.57. The van der Waals surface area contributed by atoms with Crippen molar-refractivity contribution in [2.45, 2.75) is 37.8 Å². The largest absolute Gasteiger partial charge is 0.457 e. The molecule has 12 heteroatoms. The van der Waals surface area contributed by atoms with E-state index in [1.807, 2.05) is 0 Å². The zero-order valence-electron chi connectivity index (χ0n) is 24.3. The Morgan fingerprint density at radius 3 is 2.38 bits per heavy atom. The van der Waals surface area contributed by atoms with Crippen LogP contribution < -0.4 is 20.9 Å². The molecule has 10 nitrogen and oxygen atoms in total. The predicted molar refractivity (Wildman–Crippen MR) is 163 cm³/mol. The third-order valence-electron chi connectivity index (χ3n) is 8.52. The van der Waals surface area contributed by atoms with E-state index in [4.69, 9.17) is 4.74 Å². The zero-order valence-corrected chi connectivity index (χ0v) is 24.3. The van der Waals surface area contributed by atoms with Crippen LogP contribution in [0.1, 0.15) is 36.0 Å². The van der Waals surface area contributed by atoms with Gasteiger partial charge in [0, 0.05) is 43.3 Å². The third kappa shape index (κ3) is 6.55. The number of carbonyl (C=O) groups is 2. The Morgan fingerprint density at radius 2 is 1.67 bits per heavy atom. The molecule has 3 amide bonds. The number of benzene rings is 2. The molecule has 3 N–H and O–H groups in total. The number of amides is 3. The van der Waals surface area contributed by atoms with Gasteiger partial charge in [-0.15, -0.1) is 0 Å². The van der Waals surface area contributed by atoms with E-state index >= 15 is 4.39 Å². The van der Waals surface area contributed by atoms with E-state index in [9.17, 15) is 23.9 Å². The van der Waals surface area contributed by atoms with Crippen molar-refractivity contribution < 1.29 is 28.2 Å². The van der Waals surface area contributed by atoms with Gasteiger partial charge in [0.25, 0.3) is 11.5 Å². The van der Waals surface area contributed by atoms with Crippen molar-refractivity contribution in [3.8, 4) is 17.2 Å². The number of ether oxygens (including phenoxy) is 1. The summed E-state index contributed by atoms with van der Waals surface area (Å²) in [6.45, 7) is 0. The van der Waals surface area contributed by atoms with Gasteiger partial charge in [-0.1, -0.05) is 0 Å². The maximum Gasteiger partial charge on any atom is 0.323 e. The molecule has 45 heavy (non-hydrogen) atoms. The molecule has 0 aliphatic heterocycles. The topological polar surface area (TPSA) is 126 Å². The maximum absolute atomic E-state index is 15.0. The van der Waals surface area contributed by atoms with Crippen LogP contribution in [0.2, 0.25) is 0 Å². The minimum absolute atomic E-state index is 0.0895. The number of aromatic nitrogens is 2. The summed E-state index contributed by atoms with van der Waals surface area (Å²) in [6.07, 6.45) is 5.97. The van der Waals surface area contributed by atoms with Crippen LogP contribution in [-0.4, -0.2) is 50.7 Å². The summed E-state index contributed by atoms with van der Waals surface area (Å²) in [7, 11) is 1.75. The van der Waals surface area contributed by atoms with Crippen LogP contribution >= 0.6 is 0 Å². The summed E-state index contributed by atoms with van der Waals surface area (Å²) in [4.78, 5) is 44.6. The minimum atomic E-state index is -0.818. The molecule has 0 bridgehead atoms. The van der Waals surface area contributed by atoms with E-state index in [1.54, 1.807) is 18.0 Å². The van der Waals surface area contributed by atoms with E-state index in [0.717, 1.165) is 31.7 Å². The lowest BCUT2D eigenvalue weighted by Crippen LogP contribution is -2.39. The first-order valence-electron chi connectivity index (χ1n) is 14.6. The van der Waals surface area contributed by atoms with E-state index in [-0.39, 0.29) is 41.0 Å². The molecule has 0 saturated heterocycles. The second-order valence-corrected chi connectivity index (χ2v) is 11.5. The Balaban J connectivity index is 1.08. The summed E-state index contributed by atoms with van der Waals surface area (Å²) < 4.78 is 35.3. The van der Waals surface area contributed by atoms with E-state index < -0.39 is 23.1 Å². The van der Waals surface area contributed by atoms with Gasteiger partial charge >= 0.3 is 6.03 Å². The molecule has 2 fully saturated rings. The summed E-state index contributed by atoms with van der Waals surface area (Å²) in [5, 5.41) is 15.1. The van der Waals surface area contributed by atoms with Gasteiger partial charge < -0.3 is 20.1 Å². The Labute approximate surface area is 257 Å². The normalized spacial score (nSPS) is 20.4. The van der Waals surface area contributed by atoms with Crippen LogP contribution in [0.5, 0.6) is 11.5 Å². The Hall–Kier alpha value is -5.10. The van der Waals surface area contributed by atoms with Crippen LogP contribution in [0, 0.1) is 23.5 Å². The molecular formula is C33H31F2N5O5. The second kappa shape index (κ2) is 12.5. The number of nitrogens with zero attached hydrogens (tertiary/aromatic N) is 3. The number of hydrogen-bond acceptors (Lipinski definition) is 6.